The van der Waals surface area contributed by atoms with E-state index in [1.165, 1.54) is 7.11 Å². The lowest BCUT2D eigenvalue weighted by atomic mass is 9.71. The lowest BCUT2D eigenvalue weighted by Gasteiger charge is -2.49. The zero-order valence-corrected chi connectivity index (χ0v) is 17.0. The second kappa shape index (κ2) is 8.39. The molecule has 2 aliphatic rings. The molecule has 4 rings (SSSR count). The highest BCUT2D eigenvalue weighted by Crippen LogP contribution is 2.40. The van der Waals surface area contributed by atoms with Crippen molar-refractivity contribution in [2.75, 3.05) is 33.3 Å². The highest BCUT2D eigenvalue weighted by molar-refractivity contribution is 5.94. The molecule has 4 heterocycles. The van der Waals surface area contributed by atoms with Crippen LogP contribution in [0.15, 0.2) is 42.7 Å². The van der Waals surface area contributed by atoms with E-state index in [0.29, 0.717) is 49.7 Å². The fourth-order valence-electron chi connectivity index (χ4n) is 4.54. The Kier molecular flexibility index (Phi) is 5.67. The van der Waals surface area contributed by atoms with Gasteiger partial charge in [0.25, 0.3) is 11.8 Å². The minimum Gasteiger partial charge on any atom is -0.481 e. The van der Waals surface area contributed by atoms with Gasteiger partial charge in [-0.1, -0.05) is 6.07 Å². The normalized spacial score (nSPS) is 20.8. The van der Waals surface area contributed by atoms with Crippen molar-refractivity contribution in [2.45, 2.75) is 25.4 Å². The summed E-state index contributed by atoms with van der Waals surface area (Å²) in [4.78, 5) is 37.5. The van der Waals surface area contributed by atoms with Gasteiger partial charge in [-0.25, -0.2) is 4.98 Å². The molecule has 2 saturated heterocycles. The molecule has 2 aromatic rings. The minimum atomic E-state index is -0.568. The number of rotatable bonds is 3. The first-order valence-corrected chi connectivity index (χ1v) is 10.2. The third-order valence-corrected chi connectivity index (χ3v) is 6.08. The van der Waals surface area contributed by atoms with Crippen LogP contribution in [-0.2, 0) is 0 Å². The summed E-state index contributed by atoms with van der Waals surface area (Å²) in [6, 6.07) is 8.63. The number of amides is 2. The fraction of sp³-hybridized carbons (Fsp3) is 0.455. The minimum absolute atomic E-state index is 0.111. The van der Waals surface area contributed by atoms with Gasteiger partial charge < -0.3 is 19.6 Å². The monoisotopic (exact) mass is 410 g/mol. The molecule has 2 aromatic heterocycles. The number of carbonyl (C=O) groups is 2. The molecule has 8 heteroatoms. The first-order valence-electron chi connectivity index (χ1n) is 10.2. The molecule has 1 atom stereocenters. The number of ether oxygens (including phenoxy) is 1. The van der Waals surface area contributed by atoms with Crippen molar-refractivity contribution in [1.82, 2.24) is 19.8 Å². The summed E-state index contributed by atoms with van der Waals surface area (Å²) in [6.45, 7) is 2.04. The summed E-state index contributed by atoms with van der Waals surface area (Å²) in [7, 11) is 1.52. The molecular weight excluding hydrogens is 384 g/mol. The van der Waals surface area contributed by atoms with Gasteiger partial charge in [0.15, 0.2) is 0 Å². The summed E-state index contributed by atoms with van der Waals surface area (Å²) < 4.78 is 5.11. The zero-order valence-electron chi connectivity index (χ0n) is 17.0. The molecule has 0 bridgehead atoms. The molecule has 2 amide bonds. The number of aliphatic hydroxyl groups excluding tert-OH is 1. The number of methoxy groups -OCH3 is 1. The Morgan fingerprint density at radius 2 is 1.93 bits per heavy atom. The van der Waals surface area contributed by atoms with Crippen molar-refractivity contribution < 1.29 is 19.4 Å². The predicted molar refractivity (Wildman–Crippen MR) is 109 cm³/mol. The third kappa shape index (κ3) is 4.14. The van der Waals surface area contributed by atoms with Gasteiger partial charge >= 0.3 is 0 Å². The summed E-state index contributed by atoms with van der Waals surface area (Å²) in [5, 5.41) is 10.5. The third-order valence-electron chi connectivity index (χ3n) is 6.08. The van der Waals surface area contributed by atoms with E-state index in [9.17, 15) is 14.7 Å². The number of carbonyl (C=O) groups excluding carboxylic acids is 2. The van der Waals surface area contributed by atoms with Crippen molar-refractivity contribution in [3.8, 4) is 5.88 Å². The molecule has 1 unspecified atom stereocenters. The van der Waals surface area contributed by atoms with Crippen LogP contribution >= 0.6 is 0 Å². The highest BCUT2D eigenvalue weighted by Gasteiger charge is 2.43. The second-order valence-electron chi connectivity index (χ2n) is 8.14. The molecule has 158 valence electrons. The van der Waals surface area contributed by atoms with Crippen LogP contribution in [0.4, 0.5) is 0 Å². The van der Waals surface area contributed by atoms with Crippen molar-refractivity contribution in [2.24, 2.45) is 5.41 Å². The standard InChI is InChI=1S/C22H26N4O4/c1-30-19-6-2-5-18(24-19)21(29)25-10-7-22(8-11-25)12-17(27)14-26(15-22)20(28)16-4-3-9-23-13-16/h2-6,9,13,17,27H,7-8,10-12,14-15H2,1H3. The molecule has 30 heavy (non-hydrogen) atoms. The maximum absolute atomic E-state index is 12.9. The van der Waals surface area contributed by atoms with Gasteiger partial charge in [0.05, 0.1) is 18.8 Å². The van der Waals surface area contributed by atoms with Crippen molar-refractivity contribution >= 4 is 11.8 Å². The molecule has 2 aliphatic heterocycles. The largest absolute Gasteiger partial charge is 0.481 e. The van der Waals surface area contributed by atoms with Gasteiger partial charge in [0.2, 0.25) is 5.88 Å². The van der Waals surface area contributed by atoms with Gasteiger partial charge in [-0.3, -0.25) is 14.6 Å². The smallest absolute Gasteiger partial charge is 0.272 e. The van der Waals surface area contributed by atoms with Crippen LogP contribution in [0, 0.1) is 5.41 Å². The van der Waals surface area contributed by atoms with Crippen LogP contribution in [0.1, 0.15) is 40.1 Å². The van der Waals surface area contributed by atoms with Crippen LogP contribution in [0.25, 0.3) is 0 Å². The number of aliphatic hydroxyl groups is 1. The Morgan fingerprint density at radius 1 is 1.13 bits per heavy atom. The van der Waals surface area contributed by atoms with Gasteiger partial charge in [-0.05, 0) is 42.9 Å². The van der Waals surface area contributed by atoms with Crippen molar-refractivity contribution in [3.05, 3.63) is 54.0 Å². The number of aromatic nitrogens is 2. The summed E-state index contributed by atoms with van der Waals surface area (Å²) >= 11 is 0. The SMILES string of the molecule is COc1cccc(C(=O)N2CCC3(CC2)CC(O)CN(C(=O)c2cccnc2)C3)n1. The number of nitrogens with zero attached hydrogens (tertiary/aromatic N) is 4. The fourth-order valence-corrected chi connectivity index (χ4v) is 4.54. The number of likely N-dealkylation sites (tertiary alicyclic amines) is 2. The zero-order chi connectivity index (χ0) is 21.1. The van der Waals surface area contributed by atoms with Gasteiger partial charge in [0.1, 0.15) is 5.69 Å². The first-order chi connectivity index (χ1) is 14.5. The van der Waals surface area contributed by atoms with Crippen molar-refractivity contribution in [1.29, 1.82) is 0 Å². The van der Waals surface area contributed by atoms with E-state index in [-0.39, 0.29) is 17.2 Å². The maximum atomic E-state index is 12.9. The molecule has 0 radical (unpaired) electrons. The van der Waals surface area contributed by atoms with Gasteiger partial charge in [0, 0.05) is 44.6 Å². The molecule has 1 N–H and O–H groups in total. The summed E-state index contributed by atoms with van der Waals surface area (Å²) in [5.74, 6) is 0.179. The second-order valence-corrected chi connectivity index (χ2v) is 8.14. The number of hydrogen-bond acceptors (Lipinski definition) is 6. The van der Waals surface area contributed by atoms with E-state index in [0.717, 1.165) is 12.8 Å². The lowest BCUT2D eigenvalue weighted by Crippen LogP contribution is -2.55. The van der Waals surface area contributed by atoms with E-state index in [1.54, 1.807) is 52.5 Å². The topological polar surface area (TPSA) is 95.9 Å². The van der Waals surface area contributed by atoms with E-state index >= 15 is 0 Å². The average Bonchev–Trinajstić information content (AvgIpc) is 2.78. The van der Waals surface area contributed by atoms with Crippen LogP contribution in [0.2, 0.25) is 0 Å². The molecule has 2 fully saturated rings. The van der Waals surface area contributed by atoms with E-state index < -0.39 is 6.10 Å². The first kappa shape index (κ1) is 20.3. The summed E-state index contributed by atoms with van der Waals surface area (Å²) in [6.07, 6.45) is 4.73. The van der Waals surface area contributed by atoms with E-state index in [2.05, 4.69) is 9.97 Å². The number of hydrogen-bond donors (Lipinski definition) is 1. The van der Waals surface area contributed by atoms with Crippen molar-refractivity contribution in [3.63, 3.8) is 0 Å². The predicted octanol–water partition coefficient (Wildman–Crippen LogP) is 1.61. The van der Waals surface area contributed by atoms with Crippen LogP contribution in [-0.4, -0.2) is 76.1 Å². The molecule has 0 saturated carbocycles. The lowest BCUT2D eigenvalue weighted by molar-refractivity contribution is -0.0300. The van der Waals surface area contributed by atoms with E-state index in [4.69, 9.17) is 4.74 Å². The Bertz CT molecular complexity index is 912. The average molecular weight is 410 g/mol. The highest BCUT2D eigenvalue weighted by atomic mass is 16.5. The maximum Gasteiger partial charge on any atom is 0.272 e. The number of pyridine rings is 2. The molecule has 0 aliphatic carbocycles. The van der Waals surface area contributed by atoms with Gasteiger partial charge in [-0.15, -0.1) is 0 Å². The van der Waals surface area contributed by atoms with Crippen LogP contribution < -0.4 is 4.74 Å². The number of β-amino-alcohol motifs (C(OH)–C–C–N with tert-alkyl or cyclic N) is 1. The molecule has 0 aromatic carbocycles. The Labute approximate surface area is 175 Å². The van der Waals surface area contributed by atoms with Gasteiger partial charge in [-0.2, -0.15) is 0 Å². The van der Waals surface area contributed by atoms with Crippen LogP contribution in [0.3, 0.4) is 0 Å². The number of piperidine rings is 2. The summed E-state index contributed by atoms with van der Waals surface area (Å²) in [5.41, 5.74) is 0.703. The Balaban J connectivity index is 1.43. The van der Waals surface area contributed by atoms with Crippen LogP contribution in [0.5, 0.6) is 5.88 Å². The molecular formula is C22H26N4O4. The molecule has 1 spiro atoms. The van der Waals surface area contributed by atoms with E-state index in [1.807, 2.05) is 0 Å². The Hall–Kier alpha value is -3.00. The molecule has 8 nitrogen and oxygen atoms in total. The Morgan fingerprint density at radius 3 is 2.63 bits per heavy atom. The quantitative estimate of drug-likeness (QED) is 0.826.